The molecule has 3 rings (SSSR count). The fourth-order valence-corrected chi connectivity index (χ4v) is 2.85. The highest BCUT2D eigenvalue weighted by atomic mass is 16.5. The predicted molar refractivity (Wildman–Crippen MR) is 79.3 cm³/mol. The van der Waals surface area contributed by atoms with Crippen LogP contribution in [0.5, 0.6) is 0 Å². The Morgan fingerprint density at radius 1 is 1.38 bits per heavy atom. The van der Waals surface area contributed by atoms with Crippen molar-refractivity contribution in [2.75, 3.05) is 36.9 Å². The Balaban J connectivity index is 1.78. The predicted octanol–water partition coefficient (Wildman–Crippen LogP) is 0.840. The van der Waals surface area contributed by atoms with Crippen LogP contribution in [0.1, 0.15) is 12.5 Å². The smallest absolute Gasteiger partial charge is 0.242 e. The number of nitrogens with one attached hydrogen (secondary N) is 2. The lowest BCUT2D eigenvalue weighted by atomic mass is 9.97. The van der Waals surface area contributed by atoms with Gasteiger partial charge >= 0.3 is 0 Å². The van der Waals surface area contributed by atoms with Gasteiger partial charge in [0.25, 0.3) is 0 Å². The summed E-state index contributed by atoms with van der Waals surface area (Å²) in [5.41, 5.74) is 2.59. The van der Waals surface area contributed by atoms with E-state index in [2.05, 4.69) is 15.5 Å². The summed E-state index contributed by atoms with van der Waals surface area (Å²) < 4.78 is 5.33. The van der Waals surface area contributed by atoms with Crippen molar-refractivity contribution >= 4 is 23.2 Å². The van der Waals surface area contributed by atoms with Crippen LogP contribution in [0.25, 0.3) is 0 Å². The van der Waals surface area contributed by atoms with Crippen LogP contribution in [0.2, 0.25) is 0 Å². The van der Waals surface area contributed by atoms with Gasteiger partial charge in [0, 0.05) is 31.4 Å². The summed E-state index contributed by atoms with van der Waals surface area (Å²) in [6, 6.07) is 5.51. The van der Waals surface area contributed by atoms with E-state index in [1.807, 2.05) is 18.2 Å². The van der Waals surface area contributed by atoms with E-state index in [4.69, 9.17) is 4.74 Å². The van der Waals surface area contributed by atoms with Crippen molar-refractivity contribution in [3.63, 3.8) is 0 Å². The third kappa shape index (κ3) is 3.06. The van der Waals surface area contributed by atoms with E-state index < -0.39 is 0 Å². The lowest BCUT2D eigenvalue weighted by Gasteiger charge is -2.36. The molecular weight excluding hydrogens is 270 g/mol. The first-order valence-corrected chi connectivity index (χ1v) is 7.16. The van der Waals surface area contributed by atoms with Crippen LogP contribution >= 0.6 is 0 Å². The molecule has 2 aliphatic rings. The molecule has 21 heavy (non-hydrogen) atoms. The van der Waals surface area contributed by atoms with Gasteiger partial charge in [-0.1, -0.05) is 6.07 Å². The average molecular weight is 289 g/mol. The van der Waals surface area contributed by atoms with Gasteiger partial charge in [-0.25, -0.2) is 0 Å². The van der Waals surface area contributed by atoms with E-state index in [0.29, 0.717) is 25.3 Å². The van der Waals surface area contributed by atoms with Crippen LogP contribution < -0.4 is 10.6 Å². The number of ether oxygens (including phenoxy) is 1. The molecule has 0 aromatic heterocycles. The number of fused-ring (bicyclic) bond motifs is 1. The van der Waals surface area contributed by atoms with Crippen molar-refractivity contribution in [2.24, 2.45) is 0 Å². The first kappa shape index (κ1) is 14.0. The zero-order chi connectivity index (χ0) is 14.8. The summed E-state index contributed by atoms with van der Waals surface area (Å²) in [4.78, 5) is 25.6. The Bertz CT molecular complexity index is 567. The van der Waals surface area contributed by atoms with Gasteiger partial charge < -0.3 is 15.4 Å². The van der Waals surface area contributed by atoms with Crippen molar-refractivity contribution in [3.8, 4) is 0 Å². The highest BCUT2D eigenvalue weighted by molar-refractivity contribution is 5.99. The van der Waals surface area contributed by atoms with Crippen LogP contribution in [-0.4, -0.2) is 49.1 Å². The van der Waals surface area contributed by atoms with E-state index >= 15 is 0 Å². The number of carbonyl (C=O) groups is 2. The van der Waals surface area contributed by atoms with Gasteiger partial charge in [0.1, 0.15) is 0 Å². The minimum atomic E-state index is -0.131. The third-order valence-corrected chi connectivity index (χ3v) is 3.89. The first-order chi connectivity index (χ1) is 10.1. The highest BCUT2D eigenvalue weighted by Gasteiger charge is 2.32. The normalized spacial score (nSPS) is 22.3. The lowest BCUT2D eigenvalue weighted by Crippen LogP contribution is -2.52. The molecule has 0 spiro atoms. The lowest BCUT2D eigenvalue weighted by molar-refractivity contribution is -0.123. The molecule has 6 heteroatoms. The van der Waals surface area contributed by atoms with E-state index in [1.54, 1.807) is 0 Å². The summed E-state index contributed by atoms with van der Waals surface area (Å²) in [6.07, 6.45) is 0.696. The number of hydrogen-bond acceptors (Lipinski definition) is 4. The molecule has 1 aromatic carbocycles. The van der Waals surface area contributed by atoms with Crippen LogP contribution in [-0.2, 0) is 20.7 Å². The summed E-state index contributed by atoms with van der Waals surface area (Å²) in [6.45, 7) is 4.40. The van der Waals surface area contributed by atoms with Gasteiger partial charge in [-0.2, -0.15) is 0 Å². The minimum Gasteiger partial charge on any atom is -0.379 e. The highest BCUT2D eigenvalue weighted by Crippen LogP contribution is 2.28. The van der Waals surface area contributed by atoms with Gasteiger partial charge in [0.15, 0.2) is 0 Å². The maximum Gasteiger partial charge on any atom is 0.242 e. The SMILES string of the molecule is CC(=O)Nc1ccc2c(c1)NC(=O)C(N1CCOCC1)C2. The third-order valence-electron chi connectivity index (χ3n) is 3.89. The molecule has 1 unspecified atom stereocenters. The largest absolute Gasteiger partial charge is 0.379 e. The summed E-state index contributed by atoms with van der Waals surface area (Å²) in [5, 5.41) is 5.68. The molecule has 0 saturated carbocycles. The number of hydrogen-bond donors (Lipinski definition) is 2. The fourth-order valence-electron chi connectivity index (χ4n) is 2.85. The topological polar surface area (TPSA) is 70.7 Å². The maximum absolute atomic E-state index is 12.3. The Morgan fingerprint density at radius 2 is 2.14 bits per heavy atom. The maximum atomic E-state index is 12.3. The Morgan fingerprint density at radius 3 is 2.86 bits per heavy atom. The van der Waals surface area contributed by atoms with Crippen molar-refractivity contribution in [3.05, 3.63) is 23.8 Å². The standard InChI is InChI=1S/C15H19N3O3/c1-10(19)16-12-3-2-11-8-14(15(20)17-13(11)9-12)18-4-6-21-7-5-18/h2-3,9,14H,4-8H2,1H3,(H,16,19)(H,17,20). The quantitative estimate of drug-likeness (QED) is 0.846. The molecule has 6 nitrogen and oxygen atoms in total. The van der Waals surface area contributed by atoms with Crippen molar-refractivity contribution in [1.29, 1.82) is 0 Å². The zero-order valence-electron chi connectivity index (χ0n) is 12.0. The molecule has 2 N–H and O–H groups in total. The minimum absolute atomic E-state index is 0.0179. The van der Waals surface area contributed by atoms with E-state index in [9.17, 15) is 9.59 Å². The van der Waals surface area contributed by atoms with Gasteiger partial charge in [0.2, 0.25) is 11.8 Å². The number of anilines is 2. The van der Waals surface area contributed by atoms with Gasteiger partial charge in [-0.3, -0.25) is 14.5 Å². The van der Waals surface area contributed by atoms with Crippen LogP contribution in [0, 0.1) is 0 Å². The molecule has 0 aliphatic carbocycles. The second kappa shape index (κ2) is 5.83. The number of rotatable bonds is 2. The van der Waals surface area contributed by atoms with Crippen LogP contribution in [0.15, 0.2) is 18.2 Å². The Labute approximate surface area is 123 Å². The van der Waals surface area contributed by atoms with Gasteiger partial charge in [0.05, 0.1) is 19.3 Å². The first-order valence-electron chi connectivity index (χ1n) is 7.16. The molecule has 0 radical (unpaired) electrons. The Hall–Kier alpha value is -1.92. The monoisotopic (exact) mass is 289 g/mol. The number of morpholine rings is 1. The molecule has 1 aromatic rings. The van der Waals surface area contributed by atoms with Gasteiger partial charge in [-0.05, 0) is 24.1 Å². The second-order valence-electron chi connectivity index (χ2n) is 5.41. The molecule has 2 heterocycles. The molecular formula is C15H19N3O3. The molecule has 2 amide bonds. The average Bonchev–Trinajstić information content (AvgIpc) is 2.46. The summed E-state index contributed by atoms with van der Waals surface area (Å²) in [5.74, 6) is -0.104. The molecule has 1 atom stereocenters. The molecule has 2 aliphatic heterocycles. The Kier molecular flexibility index (Phi) is 3.90. The van der Waals surface area contributed by atoms with E-state index in [1.165, 1.54) is 6.92 Å². The molecule has 112 valence electrons. The van der Waals surface area contributed by atoms with Crippen molar-refractivity contribution < 1.29 is 14.3 Å². The second-order valence-corrected chi connectivity index (χ2v) is 5.41. The molecule has 1 fully saturated rings. The van der Waals surface area contributed by atoms with Crippen molar-refractivity contribution in [1.82, 2.24) is 4.90 Å². The fraction of sp³-hybridized carbons (Fsp3) is 0.467. The summed E-state index contributed by atoms with van der Waals surface area (Å²) in [7, 11) is 0. The summed E-state index contributed by atoms with van der Waals surface area (Å²) >= 11 is 0. The molecule has 0 bridgehead atoms. The van der Waals surface area contributed by atoms with Crippen LogP contribution in [0.4, 0.5) is 11.4 Å². The van der Waals surface area contributed by atoms with Crippen molar-refractivity contribution in [2.45, 2.75) is 19.4 Å². The van der Waals surface area contributed by atoms with Crippen LogP contribution in [0.3, 0.4) is 0 Å². The van der Waals surface area contributed by atoms with E-state index in [-0.39, 0.29) is 17.9 Å². The van der Waals surface area contributed by atoms with Gasteiger partial charge in [-0.15, -0.1) is 0 Å². The number of benzene rings is 1. The number of carbonyl (C=O) groups excluding carboxylic acids is 2. The number of nitrogens with zero attached hydrogens (tertiary/aromatic N) is 1. The molecule has 1 saturated heterocycles. The van der Waals surface area contributed by atoms with E-state index in [0.717, 1.165) is 24.3 Å². The number of amides is 2. The zero-order valence-corrected chi connectivity index (χ0v) is 12.0.